The van der Waals surface area contributed by atoms with Gasteiger partial charge in [0.2, 0.25) is 5.91 Å². The highest BCUT2D eigenvalue weighted by Gasteiger charge is 2.37. The Morgan fingerprint density at radius 1 is 1.12 bits per heavy atom. The SMILES string of the molecule is C#CN(C(=O)C(NC(=O)OC(C)(C)C)C(C)CC)C(C(=O)NC(C)C)c1ccc(O)cc1. The quantitative estimate of drug-likeness (QED) is 0.420. The fourth-order valence-corrected chi connectivity index (χ4v) is 2.97. The van der Waals surface area contributed by atoms with Gasteiger partial charge in [0.25, 0.3) is 5.91 Å². The van der Waals surface area contributed by atoms with Crippen LogP contribution < -0.4 is 10.6 Å². The van der Waals surface area contributed by atoms with Crippen LogP contribution in [0, 0.1) is 18.4 Å². The molecule has 3 N–H and O–H groups in total. The Balaban J connectivity index is 3.37. The van der Waals surface area contributed by atoms with Crippen LogP contribution in [0.4, 0.5) is 4.79 Å². The Hall–Kier alpha value is -3.21. The smallest absolute Gasteiger partial charge is 0.408 e. The van der Waals surface area contributed by atoms with Crippen LogP contribution in [0.2, 0.25) is 0 Å². The van der Waals surface area contributed by atoms with E-state index in [9.17, 15) is 19.5 Å². The number of phenols is 1. The molecule has 0 heterocycles. The van der Waals surface area contributed by atoms with Crippen molar-refractivity contribution in [3.8, 4) is 18.2 Å². The molecule has 0 bridgehead atoms. The van der Waals surface area contributed by atoms with Gasteiger partial charge in [-0.05, 0) is 58.2 Å². The summed E-state index contributed by atoms with van der Waals surface area (Å²) in [6.45, 7) is 12.4. The van der Waals surface area contributed by atoms with Crippen molar-refractivity contribution in [2.45, 2.75) is 78.6 Å². The Labute approximate surface area is 190 Å². The summed E-state index contributed by atoms with van der Waals surface area (Å²) in [7, 11) is 0. The average molecular weight is 446 g/mol. The topological polar surface area (TPSA) is 108 Å². The second-order valence-electron chi connectivity index (χ2n) is 9.00. The second kappa shape index (κ2) is 11.4. The lowest BCUT2D eigenvalue weighted by molar-refractivity contribution is -0.139. The summed E-state index contributed by atoms with van der Waals surface area (Å²) in [6, 6.07) is 5.85. The summed E-state index contributed by atoms with van der Waals surface area (Å²) < 4.78 is 5.31. The van der Waals surface area contributed by atoms with Crippen LogP contribution >= 0.6 is 0 Å². The predicted molar refractivity (Wildman–Crippen MR) is 122 cm³/mol. The van der Waals surface area contributed by atoms with E-state index in [0.717, 1.165) is 4.90 Å². The van der Waals surface area contributed by atoms with Gasteiger partial charge in [-0.3, -0.25) is 14.5 Å². The molecule has 0 aromatic heterocycles. The van der Waals surface area contributed by atoms with Gasteiger partial charge in [0.05, 0.1) is 0 Å². The fourth-order valence-electron chi connectivity index (χ4n) is 2.97. The molecule has 1 aromatic carbocycles. The van der Waals surface area contributed by atoms with Crippen LogP contribution in [0.25, 0.3) is 0 Å². The maximum absolute atomic E-state index is 13.5. The number of hydrogen-bond donors (Lipinski definition) is 3. The molecule has 3 atom stereocenters. The standard InChI is InChI=1S/C24H35N3O5/c1-9-16(5)19(26-23(31)32-24(6,7)8)22(30)27(10-2)20(21(29)25-15(3)4)17-11-13-18(28)14-12-17/h2,11-16,19-20,28H,9H2,1,3-8H3,(H,25,29)(H,26,31). The molecule has 1 aromatic rings. The number of nitrogens with one attached hydrogen (secondary N) is 2. The molecule has 1 rings (SSSR count). The number of alkyl carbamates (subject to hydrolysis) is 1. The number of aromatic hydroxyl groups is 1. The minimum absolute atomic E-state index is 0.0134. The van der Waals surface area contributed by atoms with Gasteiger partial charge in [0.1, 0.15) is 23.4 Å². The first-order valence-electron chi connectivity index (χ1n) is 10.7. The summed E-state index contributed by atoms with van der Waals surface area (Å²) in [5, 5.41) is 15.0. The van der Waals surface area contributed by atoms with Crippen LogP contribution in [0.15, 0.2) is 24.3 Å². The van der Waals surface area contributed by atoms with E-state index >= 15 is 0 Å². The van der Waals surface area contributed by atoms with Crippen molar-refractivity contribution in [3.63, 3.8) is 0 Å². The average Bonchev–Trinajstić information content (AvgIpc) is 2.68. The minimum Gasteiger partial charge on any atom is -0.508 e. The Bertz CT molecular complexity index is 837. The molecular formula is C24H35N3O5. The summed E-state index contributed by atoms with van der Waals surface area (Å²) in [5.41, 5.74) is -0.322. The Kier molecular flexibility index (Phi) is 9.57. The van der Waals surface area contributed by atoms with Gasteiger partial charge in [-0.15, -0.1) is 0 Å². The molecule has 8 heteroatoms. The summed E-state index contributed by atoms with van der Waals surface area (Å²) in [4.78, 5) is 40.0. The molecular weight excluding hydrogens is 410 g/mol. The number of rotatable bonds is 8. The van der Waals surface area contributed by atoms with Gasteiger partial charge < -0.3 is 20.5 Å². The molecule has 0 aliphatic rings. The van der Waals surface area contributed by atoms with E-state index in [1.807, 2.05) is 6.92 Å². The number of ether oxygens (including phenoxy) is 1. The Morgan fingerprint density at radius 3 is 2.12 bits per heavy atom. The second-order valence-corrected chi connectivity index (χ2v) is 9.00. The van der Waals surface area contributed by atoms with E-state index in [1.165, 1.54) is 24.3 Å². The molecule has 3 unspecified atom stereocenters. The zero-order valence-electron chi connectivity index (χ0n) is 19.9. The van der Waals surface area contributed by atoms with Crippen molar-refractivity contribution in [1.82, 2.24) is 15.5 Å². The molecule has 8 nitrogen and oxygen atoms in total. The van der Waals surface area contributed by atoms with E-state index in [0.29, 0.717) is 12.0 Å². The monoisotopic (exact) mass is 445 g/mol. The number of amides is 3. The Morgan fingerprint density at radius 2 is 1.69 bits per heavy atom. The van der Waals surface area contributed by atoms with Gasteiger partial charge in [-0.1, -0.05) is 38.8 Å². The normalized spacial score (nSPS) is 14.0. The first-order valence-corrected chi connectivity index (χ1v) is 10.7. The van der Waals surface area contributed by atoms with Gasteiger partial charge in [0, 0.05) is 12.1 Å². The molecule has 0 saturated carbocycles. The largest absolute Gasteiger partial charge is 0.508 e. The number of hydrogen-bond acceptors (Lipinski definition) is 5. The first-order chi connectivity index (χ1) is 14.8. The third-order valence-electron chi connectivity index (χ3n) is 4.67. The fraction of sp³-hybridized carbons (Fsp3) is 0.542. The first kappa shape index (κ1) is 26.8. The number of nitrogens with zero attached hydrogens (tertiary/aromatic N) is 1. The molecule has 0 aliphatic carbocycles. The maximum Gasteiger partial charge on any atom is 0.408 e. The van der Waals surface area contributed by atoms with Gasteiger partial charge in [-0.2, -0.15) is 0 Å². The van der Waals surface area contributed by atoms with Gasteiger partial charge in [-0.25, -0.2) is 4.79 Å². The van der Waals surface area contributed by atoms with Crippen molar-refractivity contribution < 1.29 is 24.2 Å². The zero-order valence-corrected chi connectivity index (χ0v) is 19.9. The van der Waals surface area contributed by atoms with E-state index < -0.39 is 35.6 Å². The molecule has 32 heavy (non-hydrogen) atoms. The predicted octanol–water partition coefficient (Wildman–Crippen LogP) is 3.32. The summed E-state index contributed by atoms with van der Waals surface area (Å²) >= 11 is 0. The van der Waals surface area contributed by atoms with E-state index in [4.69, 9.17) is 11.2 Å². The third kappa shape index (κ3) is 7.80. The van der Waals surface area contributed by atoms with Crippen LogP contribution in [-0.4, -0.2) is 45.6 Å². The number of terminal acetylenes is 1. The molecule has 0 spiro atoms. The molecule has 0 aliphatic heterocycles. The van der Waals surface area contributed by atoms with Gasteiger partial charge in [0.15, 0.2) is 0 Å². The molecule has 0 radical (unpaired) electrons. The van der Waals surface area contributed by atoms with Crippen LogP contribution in [-0.2, 0) is 14.3 Å². The zero-order chi connectivity index (χ0) is 24.6. The van der Waals surface area contributed by atoms with E-state index in [-0.39, 0.29) is 17.7 Å². The molecule has 176 valence electrons. The lowest BCUT2D eigenvalue weighted by atomic mass is 9.96. The highest BCUT2D eigenvalue weighted by molar-refractivity contribution is 5.93. The van der Waals surface area contributed by atoms with Crippen LogP contribution in [0.5, 0.6) is 5.75 Å². The summed E-state index contributed by atoms with van der Waals surface area (Å²) in [5.74, 6) is -1.35. The number of phenolic OH excluding ortho intramolecular Hbond substituents is 1. The van der Waals surface area contributed by atoms with Crippen LogP contribution in [0.3, 0.4) is 0 Å². The van der Waals surface area contributed by atoms with Crippen molar-refractivity contribution in [3.05, 3.63) is 29.8 Å². The number of carbonyl (C=O) groups is 3. The van der Waals surface area contributed by atoms with Crippen molar-refractivity contribution >= 4 is 17.9 Å². The lowest BCUT2D eigenvalue weighted by Gasteiger charge is -2.32. The molecule has 0 saturated heterocycles. The van der Waals surface area contributed by atoms with Crippen molar-refractivity contribution in [1.29, 1.82) is 0 Å². The van der Waals surface area contributed by atoms with E-state index in [1.54, 1.807) is 41.5 Å². The minimum atomic E-state index is -1.15. The number of benzene rings is 1. The van der Waals surface area contributed by atoms with Crippen LogP contribution in [0.1, 0.15) is 66.5 Å². The van der Waals surface area contributed by atoms with Crippen molar-refractivity contribution in [2.24, 2.45) is 5.92 Å². The maximum atomic E-state index is 13.5. The molecule has 3 amide bonds. The third-order valence-corrected chi connectivity index (χ3v) is 4.67. The highest BCUT2D eigenvalue weighted by atomic mass is 16.6. The van der Waals surface area contributed by atoms with E-state index in [2.05, 4.69) is 16.7 Å². The summed E-state index contributed by atoms with van der Waals surface area (Å²) in [6.07, 6.45) is 5.53. The highest BCUT2D eigenvalue weighted by Crippen LogP contribution is 2.25. The molecule has 0 fully saturated rings. The van der Waals surface area contributed by atoms with Gasteiger partial charge >= 0.3 is 6.09 Å². The van der Waals surface area contributed by atoms with Crippen molar-refractivity contribution in [2.75, 3.05) is 0 Å². The number of carbonyl (C=O) groups excluding carboxylic acids is 3. The lowest BCUT2D eigenvalue weighted by Crippen LogP contribution is -2.54.